The van der Waals surface area contributed by atoms with E-state index in [2.05, 4.69) is 5.32 Å². The van der Waals surface area contributed by atoms with Crippen LogP contribution in [0.1, 0.15) is 24.0 Å². The number of nitrogens with zero attached hydrogens (tertiary/aromatic N) is 1. The highest BCUT2D eigenvalue weighted by atomic mass is 16.3. The maximum Gasteiger partial charge on any atom is 0.243 e. The van der Waals surface area contributed by atoms with Crippen LogP contribution in [0.4, 0.5) is 0 Å². The van der Waals surface area contributed by atoms with Crippen molar-refractivity contribution >= 4 is 11.8 Å². The summed E-state index contributed by atoms with van der Waals surface area (Å²) in [5.74, 6) is -1.56. The lowest BCUT2D eigenvalue weighted by Gasteiger charge is -2.24. The largest absolute Gasteiger partial charge is 0.504 e. The lowest BCUT2D eigenvalue weighted by molar-refractivity contribution is -0.138. The molecule has 2 amide bonds. The number of phenols is 4. The molecule has 0 aliphatic carbocycles. The van der Waals surface area contributed by atoms with Gasteiger partial charge in [-0.2, -0.15) is 0 Å². The van der Waals surface area contributed by atoms with Crippen LogP contribution in [0, 0.1) is 0 Å². The number of nitrogens with one attached hydrogen (secondary N) is 1. The van der Waals surface area contributed by atoms with Gasteiger partial charge in [-0.15, -0.1) is 0 Å². The van der Waals surface area contributed by atoms with Crippen molar-refractivity contribution in [1.82, 2.24) is 10.2 Å². The van der Waals surface area contributed by atoms with Gasteiger partial charge in [0.2, 0.25) is 11.8 Å². The van der Waals surface area contributed by atoms with Crippen LogP contribution in [0.25, 0.3) is 0 Å². The van der Waals surface area contributed by atoms with Crippen molar-refractivity contribution in [1.29, 1.82) is 0 Å². The second-order valence-corrected chi connectivity index (χ2v) is 6.79. The van der Waals surface area contributed by atoms with Crippen molar-refractivity contribution in [2.45, 2.75) is 31.8 Å². The van der Waals surface area contributed by atoms with E-state index < -0.39 is 6.04 Å². The highest BCUT2D eigenvalue weighted by Crippen LogP contribution is 2.27. The maximum atomic E-state index is 12.6. The molecule has 5 N–H and O–H groups in total. The average Bonchev–Trinajstić information content (AvgIpc) is 3.15. The van der Waals surface area contributed by atoms with Gasteiger partial charge in [-0.1, -0.05) is 12.1 Å². The van der Waals surface area contributed by atoms with Crippen LogP contribution in [-0.2, 0) is 22.6 Å². The number of likely N-dealkylation sites (tertiary alicyclic amines) is 1. The van der Waals surface area contributed by atoms with Gasteiger partial charge in [0.15, 0.2) is 23.0 Å². The van der Waals surface area contributed by atoms with Gasteiger partial charge in [-0.05, 0) is 48.2 Å². The smallest absolute Gasteiger partial charge is 0.243 e. The van der Waals surface area contributed by atoms with Crippen molar-refractivity contribution in [3.8, 4) is 23.0 Å². The zero-order valence-corrected chi connectivity index (χ0v) is 15.1. The van der Waals surface area contributed by atoms with E-state index in [1.54, 1.807) is 12.1 Å². The highest BCUT2D eigenvalue weighted by Gasteiger charge is 2.33. The normalized spacial score (nSPS) is 16.1. The van der Waals surface area contributed by atoms with Crippen molar-refractivity contribution in [3.05, 3.63) is 47.5 Å². The first-order valence-electron chi connectivity index (χ1n) is 8.94. The molecule has 2 aromatic rings. The predicted molar refractivity (Wildman–Crippen MR) is 99.8 cm³/mol. The Kier molecular flexibility index (Phi) is 5.58. The second-order valence-electron chi connectivity index (χ2n) is 6.79. The Morgan fingerprint density at radius 3 is 2.18 bits per heavy atom. The summed E-state index contributed by atoms with van der Waals surface area (Å²) < 4.78 is 0. The molecule has 8 heteroatoms. The van der Waals surface area contributed by atoms with Crippen LogP contribution in [0.3, 0.4) is 0 Å². The standard InChI is InChI=1S/C20H22N2O6/c23-15-5-3-12(8-17(15)25)10-19(27)22-7-1-2-14(22)20(28)21-11-13-4-6-16(24)18(26)9-13/h3-6,8-9,14,23-26H,1-2,7,10-11H2,(H,21,28). The van der Waals surface area contributed by atoms with Crippen molar-refractivity contribution in [2.24, 2.45) is 0 Å². The quantitative estimate of drug-likeness (QED) is 0.493. The Bertz CT molecular complexity index is 898. The molecule has 1 saturated heterocycles. The fraction of sp³-hybridized carbons (Fsp3) is 0.300. The minimum atomic E-state index is -0.580. The molecule has 0 bridgehead atoms. The maximum absolute atomic E-state index is 12.6. The molecule has 0 aromatic heterocycles. The molecule has 1 aliphatic heterocycles. The van der Waals surface area contributed by atoms with E-state index in [1.165, 1.54) is 29.2 Å². The summed E-state index contributed by atoms with van der Waals surface area (Å²) in [5, 5.41) is 40.5. The van der Waals surface area contributed by atoms with Crippen LogP contribution >= 0.6 is 0 Å². The third-order valence-electron chi connectivity index (χ3n) is 4.78. The number of hydrogen-bond acceptors (Lipinski definition) is 6. The van der Waals surface area contributed by atoms with Gasteiger partial charge in [0.05, 0.1) is 6.42 Å². The Morgan fingerprint density at radius 2 is 1.54 bits per heavy atom. The Labute approximate surface area is 161 Å². The van der Waals surface area contributed by atoms with Crippen LogP contribution in [0.2, 0.25) is 0 Å². The molecule has 0 radical (unpaired) electrons. The van der Waals surface area contributed by atoms with Gasteiger partial charge < -0.3 is 30.6 Å². The number of benzene rings is 2. The van der Waals surface area contributed by atoms with Crippen molar-refractivity contribution < 1.29 is 30.0 Å². The predicted octanol–water partition coefficient (Wildman–Crippen LogP) is 1.36. The molecule has 2 aromatic carbocycles. The van der Waals surface area contributed by atoms with E-state index in [1.807, 2.05) is 0 Å². The van der Waals surface area contributed by atoms with E-state index in [9.17, 15) is 30.0 Å². The molecule has 3 rings (SSSR count). The number of carbonyl (C=O) groups is 2. The van der Waals surface area contributed by atoms with Gasteiger partial charge in [-0.25, -0.2) is 0 Å². The van der Waals surface area contributed by atoms with Crippen LogP contribution in [-0.4, -0.2) is 49.7 Å². The Morgan fingerprint density at radius 1 is 0.929 bits per heavy atom. The molecule has 1 atom stereocenters. The summed E-state index contributed by atoms with van der Waals surface area (Å²) >= 11 is 0. The second kappa shape index (κ2) is 8.08. The average molecular weight is 386 g/mol. The molecule has 1 aliphatic rings. The van der Waals surface area contributed by atoms with E-state index in [0.29, 0.717) is 30.5 Å². The Hall–Kier alpha value is -3.42. The van der Waals surface area contributed by atoms with E-state index in [0.717, 1.165) is 0 Å². The monoisotopic (exact) mass is 386 g/mol. The van der Waals surface area contributed by atoms with Gasteiger partial charge >= 0.3 is 0 Å². The zero-order chi connectivity index (χ0) is 20.3. The minimum Gasteiger partial charge on any atom is -0.504 e. The van der Waals surface area contributed by atoms with Gasteiger partial charge in [-0.3, -0.25) is 9.59 Å². The van der Waals surface area contributed by atoms with Crippen LogP contribution < -0.4 is 5.32 Å². The fourth-order valence-corrected chi connectivity index (χ4v) is 3.28. The summed E-state index contributed by atoms with van der Waals surface area (Å²) in [5.41, 5.74) is 1.17. The lowest BCUT2D eigenvalue weighted by atomic mass is 10.1. The van der Waals surface area contributed by atoms with Crippen LogP contribution in [0.5, 0.6) is 23.0 Å². The molecular formula is C20H22N2O6. The summed E-state index contributed by atoms with van der Waals surface area (Å²) in [6.07, 6.45) is 1.29. The van der Waals surface area contributed by atoms with E-state index >= 15 is 0 Å². The minimum absolute atomic E-state index is 0.0173. The van der Waals surface area contributed by atoms with Crippen molar-refractivity contribution in [2.75, 3.05) is 6.54 Å². The first kappa shape index (κ1) is 19.3. The van der Waals surface area contributed by atoms with Crippen LogP contribution in [0.15, 0.2) is 36.4 Å². The lowest BCUT2D eigenvalue weighted by Crippen LogP contribution is -2.46. The number of rotatable bonds is 5. The molecule has 148 valence electrons. The molecule has 0 spiro atoms. The molecule has 1 fully saturated rings. The summed E-state index contributed by atoms with van der Waals surface area (Å²) in [6, 6.07) is 7.91. The first-order chi connectivity index (χ1) is 13.3. The Balaban J connectivity index is 1.60. The third-order valence-corrected chi connectivity index (χ3v) is 4.78. The van der Waals surface area contributed by atoms with E-state index in [4.69, 9.17) is 0 Å². The van der Waals surface area contributed by atoms with Gasteiger partial charge in [0, 0.05) is 13.1 Å². The molecular weight excluding hydrogens is 364 g/mol. The molecule has 28 heavy (non-hydrogen) atoms. The topological polar surface area (TPSA) is 130 Å². The number of hydrogen-bond donors (Lipinski definition) is 5. The van der Waals surface area contributed by atoms with E-state index in [-0.39, 0.29) is 47.8 Å². The first-order valence-corrected chi connectivity index (χ1v) is 8.94. The fourth-order valence-electron chi connectivity index (χ4n) is 3.28. The number of phenolic OH excluding ortho intramolecular Hbond substituents is 4. The third kappa shape index (κ3) is 4.28. The summed E-state index contributed by atoms with van der Waals surface area (Å²) in [6.45, 7) is 0.637. The van der Waals surface area contributed by atoms with Gasteiger partial charge in [0.25, 0.3) is 0 Å². The number of amides is 2. The van der Waals surface area contributed by atoms with Gasteiger partial charge in [0.1, 0.15) is 6.04 Å². The molecule has 1 unspecified atom stereocenters. The molecule has 8 nitrogen and oxygen atoms in total. The molecule has 1 heterocycles. The summed E-state index contributed by atoms with van der Waals surface area (Å²) in [4.78, 5) is 26.7. The number of aromatic hydroxyl groups is 4. The van der Waals surface area contributed by atoms with Crippen molar-refractivity contribution in [3.63, 3.8) is 0 Å². The SMILES string of the molecule is O=C(NCc1ccc(O)c(O)c1)C1CCCN1C(=O)Cc1ccc(O)c(O)c1. The molecule has 0 saturated carbocycles. The zero-order valence-electron chi connectivity index (χ0n) is 15.1. The highest BCUT2D eigenvalue weighted by molar-refractivity contribution is 5.89. The summed E-state index contributed by atoms with van der Waals surface area (Å²) in [7, 11) is 0. The number of carbonyl (C=O) groups excluding carboxylic acids is 2.